The lowest BCUT2D eigenvalue weighted by Gasteiger charge is -2.16. The first kappa shape index (κ1) is 17.6. The van der Waals surface area contributed by atoms with Crippen molar-refractivity contribution in [2.75, 3.05) is 6.54 Å². The third kappa shape index (κ3) is 5.84. The van der Waals surface area contributed by atoms with Crippen molar-refractivity contribution in [1.82, 2.24) is 5.32 Å². The molecule has 1 rings (SSSR count). The minimum atomic E-state index is -4.92. The van der Waals surface area contributed by atoms with Gasteiger partial charge in [0.25, 0.3) is 5.91 Å². The Morgan fingerprint density at radius 3 is 2.29 bits per heavy atom. The second kappa shape index (κ2) is 6.56. The second-order valence-corrected chi connectivity index (χ2v) is 4.92. The third-order valence-electron chi connectivity index (χ3n) is 2.19. The highest BCUT2D eigenvalue weighted by Crippen LogP contribution is 2.38. The van der Waals surface area contributed by atoms with E-state index < -0.39 is 52.5 Å². The summed E-state index contributed by atoms with van der Waals surface area (Å²) in [6.45, 7) is -1.15. The number of benzene rings is 1. The van der Waals surface area contributed by atoms with Crippen molar-refractivity contribution in [3.63, 3.8) is 0 Å². The summed E-state index contributed by atoms with van der Waals surface area (Å²) in [4.78, 5) is 11.2. The van der Waals surface area contributed by atoms with E-state index in [4.69, 9.17) is 5.11 Å². The normalized spacial score (nSPS) is 13.9. The number of alkyl halides is 6. The van der Waals surface area contributed by atoms with Gasteiger partial charge in [0.05, 0.1) is 12.1 Å². The zero-order valence-electron chi connectivity index (χ0n) is 10.1. The van der Waals surface area contributed by atoms with Gasteiger partial charge in [-0.2, -0.15) is 26.3 Å². The number of rotatable bonds is 4. The Kier molecular flexibility index (Phi) is 5.51. The Balaban J connectivity index is 2.79. The molecule has 0 aromatic heterocycles. The molecule has 0 aliphatic rings. The van der Waals surface area contributed by atoms with Crippen LogP contribution in [0, 0.1) is 0 Å². The molecule has 0 spiro atoms. The van der Waals surface area contributed by atoms with E-state index in [9.17, 15) is 31.1 Å². The number of carbonyl (C=O) groups excluding carboxylic acids is 1. The van der Waals surface area contributed by atoms with Gasteiger partial charge in [-0.1, -0.05) is 12.1 Å². The lowest BCUT2D eigenvalue weighted by molar-refractivity contribution is -0.201. The second-order valence-electron chi connectivity index (χ2n) is 3.81. The van der Waals surface area contributed by atoms with Crippen molar-refractivity contribution in [2.45, 2.75) is 22.7 Å². The van der Waals surface area contributed by atoms with Gasteiger partial charge in [-0.05, 0) is 23.9 Å². The Labute approximate surface area is 119 Å². The van der Waals surface area contributed by atoms with Gasteiger partial charge in [-0.3, -0.25) is 4.79 Å². The van der Waals surface area contributed by atoms with Crippen LogP contribution in [-0.2, 0) is 0 Å². The summed E-state index contributed by atoms with van der Waals surface area (Å²) in [6, 6.07) is 4.60. The van der Waals surface area contributed by atoms with Crippen LogP contribution in [0.1, 0.15) is 10.4 Å². The molecule has 0 aliphatic heterocycles. The topological polar surface area (TPSA) is 49.3 Å². The number of halogens is 6. The highest BCUT2D eigenvalue weighted by Gasteiger charge is 2.38. The number of thioether (sulfide) groups is 1. The first-order chi connectivity index (χ1) is 9.50. The minimum absolute atomic E-state index is 0.422. The number of aliphatic hydroxyl groups excluding tert-OH is 1. The fourth-order valence-electron chi connectivity index (χ4n) is 1.27. The summed E-state index contributed by atoms with van der Waals surface area (Å²) >= 11 is -0.550. The molecule has 1 aromatic carbocycles. The highest BCUT2D eigenvalue weighted by molar-refractivity contribution is 8.00. The lowest BCUT2D eigenvalue weighted by atomic mass is 10.2. The molecule has 0 bridgehead atoms. The largest absolute Gasteiger partial charge is 0.446 e. The molecule has 0 aliphatic carbocycles. The average Bonchev–Trinajstić information content (AvgIpc) is 2.33. The molecule has 10 heteroatoms. The summed E-state index contributed by atoms with van der Waals surface area (Å²) in [5.74, 6) is -1.13. The summed E-state index contributed by atoms with van der Waals surface area (Å²) in [5.41, 5.74) is -5.06. The van der Waals surface area contributed by atoms with Crippen molar-refractivity contribution in [1.29, 1.82) is 0 Å². The van der Waals surface area contributed by atoms with Crippen LogP contribution in [0.3, 0.4) is 0 Å². The quantitative estimate of drug-likeness (QED) is 0.658. The summed E-state index contributed by atoms with van der Waals surface area (Å²) < 4.78 is 73.0. The molecule has 0 saturated heterocycles. The zero-order valence-corrected chi connectivity index (χ0v) is 10.9. The van der Waals surface area contributed by atoms with Crippen LogP contribution < -0.4 is 5.32 Å². The van der Waals surface area contributed by atoms with Crippen molar-refractivity contribution < 1.29 is 36.2 Å². The molecule has 0 heterocycles. The van der Waals surface area contributed by atoms with Gasteiger partial charge in [-0.15, -0.1) is 0 Å². The van der Waals surface area contributed by atoms with Crippen molar-refractivity contribution in [3.05, 3.63) is 29.8 Å². The van der Waals surface area contributed by atoms with E-state index in [0.29, 0.717) is 0 Å². The highest BCUT2D eigenvalue weighted by atomic mass is 32.2. The fourth-order valence-corrected chi connectivity index (χ4v) is 1.93. The third-order valence-corrected chi connectivity index (χ3v) is 3.00. The first-order valence-corrected chi connectivity index (χ1v) is 6.20. The minimum Gasteiger partial charge on any atom is -0.382 e. The van der Waals surface area contributed by atoms with Crippen LogP contribution >= 0.6 is 11.8 Å². The van der Waals surface area contributed by atoms with Crippen LogP contribution in [0.25, 0.3) is 0 Å². The smallest absolute Gasteiger partial charge is 0.382 e. The predicted octanol–water partition coefficient (Wildman–Crippen LogP) is 2.95. The van der Waals surface area contributed by atoms with Crippen LogP contribution in [0.15, 0.2) is 29.2 Å². The molecule has 0 fully saturated rings. The molecule has 0 radical (unpaired) electrons. The van der Waals surface area contributed by atoms with E-state index in [2.05, 4.69) is 0 Å². The molecule has 0 saturated carbocycles. The molecule has 21 heavy (non-hydrogen) atoms. The molecular weight excluding hydrogens is 324 g/mol. The number of aliphatic hydroxyl groups is 1. The molecular formula is C11H9F6NO2S. The van der Waals surface area contributed by atoms with Crippen LogP contribution in [0.5, 0.6) is 0 Å². The number of amides is 1. The van der Waals surface area contributed by atoms with Crippen LogP contribution in [-0.4, -0.2) is 35.3 Å². The van der Waals surface area contributed by atoms with E-state index in [0.717, 1.165) is 12.1 Å². The fraction of sp³-hybridized carbons (Fsp3) is 0.364. The van der Waals surface area contributed by atoms with Gasteiger partial charge in [0, 0.05) is 4.90 Å². The molecule has 2 N–H and O–H groups in total. The monoisotopic (exact) mass is 333 g/mol. The van der Waals surface area contributed by atoms with Gasteiger partial charge in [0.15, 0.2) is 6.10 Å². The number of nitrogens with one attached hydrogen (secondary N) is 1. The number of hydrogen-bond acceptors (Lipinski definition) is 3. The van der Waals surface area contributed by atoms with Crippen LogP contribution in [0.2, 0.25) is 0 Å². The molecule has 1 unspecified atom stereocenters. The maximum atomic E-state index is 12.3. The predicted molar refractivity (Wildman–Crippen MR) is 62.7 cm³/mol. The maximum absolute atomic E-state index is 12.3. The summed E-state index contributed by atoms with van der Waals surface area (Å²) in [7, 11) is 0. The Bertz CT molecular complexity index is 502. The summed E-state index contributed by atoms with van der Waals surface area (Å²) in [6.07, 6.45) is -7.71. The summed E-state index contributed by atoms with van der Waals surface area (Å²) in [5, 5.41) is 10.5. The van der Waals surface area contributed by atoms with Crippen molar-refractivity contribution in [3.8, 4) is 0 Å². The van der Waals surface area contributed by atoms with E-state index >= 15 is 0 Å². The van der Waals surface area contributed by atoms with E-state index in [1.165, 1.54) is 12.1 Å². The van der Waals surface area contributed by atoms with Gasteiger partial charge in [0.1, 0.15) is 0 Å². The Hall–Kier alpha value is -1.42. The number of carbonyl (C=O) groups is 1. The first-order valence-electron chi connectivity index (χ1n) is 5.38. The molecule has 1 amide bonds. The molecule has 1 atom stereocenters. The molecule has 3 nitrogen and oxygen atoms in total. The van der Waals surface area contributed by atoms with Gasteiger partial charge in [-0.25, -0.2) is 0 Å². The lowest BCUT2D eigenvalue weighted by Crippen LogP contribution is -2.40. The van der Waals surface area contributed by atoms with Gasteiger partial charge < -0.3 is 10.4 Å². The Morgan fingerprint density at radius 2 is 1.76 bits per heavy atom. The van der Waals surface area contributed by atoms with E-state index in [1.807, 2.05) is 0 Å². The van der Waals surface area contributed by atoms with E-state index in [-0.39, 0.29) is 0 Å². The van der Waals surface area contributed by atoms with Crippen molar-refractivity contribution in [2.24, 2.45) is 0 Å². The van der Waals surface area contributed by atoms with Gasteiger partial charge >= 0.3 is 11.7 Å². The number of hydrogen-bond donors (Lipinski definition) is 2. The maximum Gasteiger partial charge on any atom is 0.446 e. The van der Waals surface area contributed by atoms with E-state index in [1.54, 1.807) is 5.32 Å². The standard InChI is InChI=1S/C11H9F6NO2S/c12-10(13,14)8(19)5-18-9(20)6-3-1-2-4-7(6)21-11(15,16)17/h1-4,8,19H,5H2,(H,18,20). The average molecular weight is 333 g/mol. The van der Waals surface area contributed by atoms with Crippen molar-refractivity contribution >= 4 is 17.7 Å². The van der Waals surface area contributed by atoms with Crippen LogP contribution in [0.4, 0.5) is 26.3 Å². The molecule has 1 aromatic rings. The Morgan fingerprint density at radius 1 is 1.19 bits per heavy atom. The zero-order chi connectivity index (χ0) is 16.3. The molecule has 118 valence electrons. The van der Waals surface area contributed by atoms with Gasteiger partial charge in [0.2, 0.25) is 0 Å². The SMILES string of the molecule is O=C(NCC(O)C(F)(F)F)c1ccccc1SC(F)(F)F.